The summed E-state index contributed by atoms with van der Waals surface area (Å²) in [5, 5.41) is 5.03. The number of nitrogens with one attached hydrogen (secondary N) is 2. The molecule has 0 aliphatic carbocycles. The van der Waals surface area contributed by atoms with Gasteiger partial charge in [0.1, 0.15) is 5.82 Å². The summed E-state index contributed by atoms with van der Waals surface area (Å²) in [4.78, 5) is 11.8. The fourth-order valence-electron chi connectivity index (χ4n) is 1.85. The van der Waals surface area contributed by atoms with Gasteiger partial charge in [0.05, 0.1) is 5.69 Å². The monoisotopic (exact) mass is 352 g/mol. The Bertz CT molecular complexity index is 709. The van der Waals surface area contributed by atoms with Crippen molar-refractivity contribution in [2.24, 2.45) is 0 Å². The molecule has 1 heterocycles. The fraction of sp³-hybridized carbons (Fsp3) is 0.0714. The van der Waals surface area contributed by atoms with Gasteiger partial charge in [-0.15, -0.1) is 0 Å². The minimum Gasteiger partial charge on any atom is -0.454 e. The third-order valence-corrected chi connectivity index (χ3v) is 3.30. The zero-order valence-corrected chi connectivity index (χ0v) is 12.2. The SMILES string of the molecule is O=C(Nc1ccc2c(c1)OCO2)Nc1ccc(Br)cc1F. The van der Waals surface area contributed by atoms with E-state index in [1.165, 1.54) is 12.1 Å². The van der Waals surface area contributed by atoms with Crippen LogP contribution in [0, 0.1) is 5.82 Å². The molecule has 0 aromatic heterocycles. The zero-order chi connectivity index (χ0) is 14.8. The molecule has 108 valence electrons. The Morgan fingerprint density at radius 2 is 1.90 bits per heavy atom. The molecule has 2 amide bonds. The Morgan fingerprint density at radius 1 is 1.10 bits per heavy atom. The Morgan fingerprint density at radius 3 is 2.71 bits per heavy atom. The van der Waals surface area contributed by atoms with E-state index in [-0.39, 0.29) is 12.5 Å². The zero-order valence-electron chi connectivity index (χ0n) is 10.7. The Hall–Kier alpha value is -2.28. The van der Waals surface area contributed by atoms with Gasteiger partial charge in [-0.05, 0) is 30.3 Å². The highest BCUT2D eigenvalue weighted by atomic mass is 79.9. The number of ether oxygens (including phenoxy) is 2. The minimum atomic E-state index is -0.546. The van der Waals surface area contributed by atoms with Crippen LogP contribution >= 0.6 is 15.9 Å². The van der Waals surface area contributed by atoms with Crippen LogP contribution in [0.1, 0.15) is 0 Å². The van der Waals surface area contributed by atoms with Gasteiger partial charge in [0, 0.05) is 16.2 Å². The number of hydrogen-bond donors (Lipinski definition) is 2. The standard InChI is InChI=1S/C14H10BrFN2O3/c15-8-1-3-11(10(16)5-8)18-14(19)17-9-2-4-12-13(6-9)21-7-20-12/h1-6H,7H2,(H2,17,18,19). The molecule has 0 saturated carbocycles. The maximum atomic E-state index is 13.6. The maximum Gasteiger partial charge on any atom is 0.323 e. The van der Waals surface area contributed by atoms with Crippen molar-refractivity contribution in [3.63, 3.8) is 0 Å². The van der Waals surface area contributed by atoms with Gasteiger partial charge in [0.2, 0.25) is 6.79 Å². The van der Waals surface area contributed by atoms with E-state index in [0.717, 1.165) is 0 Å². The van der Waals surface area contributed by atoms with Gasteiger partial charge >= 0.3 is 6.03 Å². The van der Waals surface area contributed by atoms with Crippen molar-refractivity contribution in [1.82, 2.24) is 0 Å². The van der Waals surface area contributed by atoms with Crippen LogP contribution in [0.3, 0.4) is 0 Å². The van der Waals surface area contributed by atoms with Gasteiger partial charge in [0.15, 0.2) is 11.5 Å². The number of amides is 2. The molecule has 0 saturated heterocycles. The molecule has 21 heavy (non-hydrogen) atoms. The average molecular weight is 353 g/mol. The second kappa shape index (κ2) is 5.61. The molecule has 0 bridgehead atoms. The van der Waals surface area contributed by atoms with E-state index in [0.29, 0.717) is 21.7 Å². The van der Waals surface area contributed by atoms with E-state index in [1.807, 2.05) is 0 Å². The predicted octanol–water partition coefficient (Wildman–Crippen LogP) is 3.96. The van der Waals surface area contributed by atoms with E-state index in [1.54, 1.807) is 24.3 Å². The third kappa shape index (κ3) is 3.08. The topological polar surface area (TPSA) is 59.6 Å². The molecule has 2 aromatic rings. The molecule has 0 fully saturated rings. The first-order chi connectivity index (χ1) is 10.1. The van der Waals surface area contributed by atoms with E-state index < -0.39 is 11.8 Å². The molecule has 0 spiro atoms. The first-order valence-electron chi connectivity index (χ1n) is 6.04. The summed E-state index contributed by atoms with van der Waals surface area (Å²) in [5.41, 5.74) is 0.616. The summed E-state index contributed by atoms with van der Waals surface area (Å²) in [6.45, 7) is 0.162. The molecule has 1 aliphatic rings. The second-order valence-electron chi connectivity index (χ2n) is 4.27. The highest BCUT2D eigenvalue weighted by Crippen LogP contribution is 2.34. The van der Waals surface area contributed by atoms with Gasteiger partial charge in [-0.1, -0.05) is 15.9 Å². The van der Waals surface area contributed by atoms with Crippen molar-refractivity contribution >= 4 is 33.3 Å². The van der Waals surface area contributed by atoms with Gasteiger partial charge in [0.25, 0.3) is 0 Å². The van der Waals surface area contributed by atoms with Gasteiger partial charge < -0.3 is 20.1 Å². The van der Waals surface area contributed by atoms with Crippen molar-refractivity contribution < 1.29 is 18.7 Å². The number of benzene rings is 2. The maximum absolute atomic E-state index is 13.6. The lowest BCUT2D eigenvalue weighted by Crippen LogP contribution is -2.20. The molecule has 3 rings (SSSR count). The van der Waals surface area contributed by atoms with Crippen molar-refractivity contribution in [2.75, 3.05) is 17.4 Å². The molecule has 5 nitrogen and oxygen atoms in total. The molecule has 1 aliphatic heterocycles. The lowest BCUT2D eigenvalue weighted by Gasteiger charge is -2.09. The van der Waals surface area contributed by atoms with Gasteiger partial charge in [-0.2, -0.15) is 0 Å². The van der Waals surface area contributed by atoms with Crippen LogP contribution < -0.4 is 20.1 Å². The third-order valence-electron chi connectivity index (χ3n) is 2.81. The summed E-state index contributed by atoms with van der Waals surface area (Å²) in [6.07, 6.45) is 0. The summed E-state index contributed by atoms with van der Waals surface area (Å²) in [5.74, 6) is 0.660. The van der Waals surface area contributed by atoms with Crippen LogP contribution in [0.15, 0.2) is 40.9 Å². The Balaban J connectivity index is 1.69. The number of carbonyl (C=O) groups excluding carboxylic acids is 1. The van der Waals surface area contributed by atoms with Crippen LogP contribution in [0.2, 0.25) is 0 Å². The van der Waals surface area contributed by atoms with Crippen molar-refractivity contribution in [3.05, 3.63) is 46.7 Å². The molecular weight excluding hydrogens is 343 g/mol. The van der Waals surface area contributed by atoms with Crippen LogP contribution in [0.4, 0.5) is 20.6 Å². The second-order valence-corrected chi connectivity index (χ2v) is 5.19. The lowest BCUT2D eigenvalue weighted by molar-refractivity contribution is 0.174. The molecule has 0 unspecified atom stereocenters. The van der Waals surface area contributed by atoms with E-state index >= 15 is 0 Å². The number of fused-ring (bicyclic) bond motifs is 1. The quantitative estimate of drug-likeness (QED) is 0.859. The molecular formula is C14H10BrFN2O3. The number of anilines is 2. The molecule has 2 N–H and O–H groups in total. The number of carbonyl (C=O) groups is 1. The smallest absolute Gasteiger partial charge is 0.323 e. The first-order valence-corrected chi connectivity index (χ1v) is 6.84. The molecule has 7 heteroatoms. The highest BCUT2D eigenvalue weighted by Gasteiger charge is 2.14. The van der Waals surface area contributed by atoms with Gasteiger partial charge in [-0.25, -0.2) is 9.18 Å². The summed E-state index contributed by atoms with van der Waals surface area (Å²) >= 11 is 3.15. The molecule has 0 atom stereocenters. The predicted molar refractivity (Wildman–Crippen MR) is 79.3 cm³/mol. The lowest BCUT2D eigenvalue weighted by atomic mass is 10.3. The summed E-state index contributed by atoms with van der Waals surface area (Å²) in [7, 11) is 0. The minimum absolute atomic E-state index is 0.0939. The molecule has 0 radical (unpaired) electrons. The summed E-state index contributed by atoms with van der Waals surface area (Å²) in [6, 6.07) is 8.84. The Kier molecular flexibility index (Phi) is 3.66. The van der Waals surface area contributed by atoms with Crippen molar-refractivity contribution in [2.45, 2.75) is 0 Å². The Labute approximate surface area is 128 Å². The van der Waals surface area contributed by atoms with Crippen LogP contribution in [0.5, 0.6) is 11.5 Å². The fourth-order valence-corrected chi connectivity index (χ4v) is 2.18. The highest BCUT2D eigenvalue weighted by molar-refractivity contribution is 9.10. The average Bonchev–Trinajstić information content (AvgIpc) is 2.89. The van der Waals surface area contributed by atoms with E-state index in [4.69, 9.17) is 9.47 Å². The number of halogens is 2. The number of rotatable bonds is 2. The largest absolute Gasteiger partial charge is 0.454 e. The normalized spacial score (nSPS) is 12.1. The van der Waals surface area contributed by atoms with Crippen LogP contribution in [-0.2, 0) is 0 Å². The van der Waals surface area contributed by atoms with Gasteiger partial charge in [-0.3, -0.25) is 0 Å². The van der Waals surface area contributed by atoms with Crippen molar-refractivity contribution in [1.29, 1.82) is 0 Å². The number of urea groups is 1. The first kappa shape index (κ1) is 13.7. The van der Waals surface area contributed by atoms with E-state index in [9.17, 15) is 9.18 Å². The van der Waals surface area contributed by atoms with E-state index in [2.05, 4.69) is 26.6 Å². The molecule has 2 aromatic carbocycles. The van der Waals surface area contributed by atoms with Crippen LogP contribution in [-0.4, -0.2) is 12.8 Å². The summed E-state index contributed by atoms with van der Waals surface area (Å²) < 4.78 is 24.6. The number of hydrogen-bond acceptors (Lipinski definition) is 3. The van der Waals surface area contributed by atoms with Crippen LogP contribution in [0.25, 0.3) is 0 Å². The van der Waals surface area contributed by atoms with Crippen molar-refractivity contribution in [3.8, 4) is 11.5 Å².